The van der Waals surface area contributed by atoms with Crippen molar-refractivity contribution in [2.75, 3.05) is 17.7 Å². The van der Waals surface area contributed by atoms with Gasteiger partial charge in [-0.2, -0.15) is 0 Å². The van der Waals surface area contributed by atoms with Crippen LogP contribution in [0.15, 0.2) is 28.9 Å². The molecule has 20 heavy (non-hydrogen) atoms. The van der Waals surface area contributed by atoms with E-state index in [2.05, 4.69) is 26.2 Å². The molecular formula is C13H13BrClN3O2. The van der Waals surface area contributed by atoms with Crippen LogP contribution in [0.2, 0.25) is 0 Å². The average molecular weight is 359 g/mol. The van der Waals surface area contributed by atoms with Crippen LogP contribution in [0.4, 0.5) is 11.4 Å². The topological polar surface area (TPSA) is 68.1 Å². The Labute approximate surface area is 129 Å². The highest BCUT2D eigenvalue weighted by atomic mass is 79.9. The number of pyridine rings is 1. The van der Waals surface area contributed by atoms with Crippen LogP contribution in [0.3, 0.4) is 0 Å². The van der Waals surface area contributed by atoms with Crippen molar-refractivity contribution in [1.82, 2.24) is 4.98 Å². The Balaban J connectivity index is 2.40. The van der Waals surface area contributed by atoms with Gasteiger partial charge in [-0.25, -0.2) is 4.98 Å². The average Bonchev–Trinajstić information content (AvgIpc) is 2.42. The molecule has 0 spiro atoms. The zero-order chi connectivity index (χ0) is 14.5. The second-order valence-corrected chi connectivity index (χ2v) is 5.55. The van der Waals surface area contributed by atoms with Gasteiger partial charge in [0.2, 0.25) is 0 Å². The first kappa shape index (κ1) is 15.0. The van der Waals surface area contributed by atoms with Gasteiger partial charge in [0.1, 0.15) is 11.9 Å². The maximum Gasteiger partial charge on any atom is 0.311 e. The summed E-state index contributed by atoms with van der Waals surface area (Å²) in [6.45, 7) is 0.642. The summed E-state index contributed by atoms with van der Waals surface area (Å²) in [7, 11) is 0. The van der Waals surface area contributed by atoms with Gasteiger partial charge in [0, 0.05) is 22.3 Å². The molecule has 0 saturated carbocycles. The van der Waals surface area contributed by atoms with E-state index in [1.165, 1.54) is 6.20 Å². The first-order valence-corrected chi connectivity index (χ1v) is 7.48. The summed E-state index contributed by atoms with van der Waals surface area (Å²) in [6.07, 6.45) is 3.02. The van der Waals surface area contributed by atoms with Gasteiger partial charge in [0.05, 0.1) is 10.4 Å². The van der Waals surface area contributed by atoms with E-state index in [9.17, 15) is 10.1 Å². The fraction of sp³-hybridized carbons (Fsp3) is 0.308. The molecule has 106 valence electrons. The van der Waals surface area contributed by atoms with Crippen LogP contribution in [0.1, 0.15) is 12.8 Å². The molecule has 0 unspecified atom stereocenters. The van der Waals surface area contributed by atoms with Crippen molar-refractivity contribution in [3.05, 3.63) is 39.0 Å². The van der Waals surface area contributed by atoms with E-state index >= 15 is 0 Å². The van der Waals surface area contributed by atoms with Crippen molar-refractivity contribution < 1.29 is 4.92 Å². The first-order valence-electron chi connectivity index (χ1n) is 6.16. The van der Waals surface area contributed by atoms with Gasteiger partial charge < -0.3 is 5.32 Å². The predicted molar refractivity (Wildman–Crippen MR) is 84.5 cm³/mol. The Kier molecular flexibility index (Phi) is 5.14. The van der Waals surface area contributed by atoms with Gasteiger partial charge in [-0.05, 0) is 31.0 Å². The number of nitrogens with zero attached hydrogens (tertiary/aromatic N) is 2. The van der Waals surface area contributed by atoms with Crippen LogP contribution in [0.25, 0.3) is 10.9 Å². The summed E-state index contributed by atoms with van der Waals surface area (Å²) in [5.74, 6) is 0.591. The second-order valence-electron chi connectivity index (χ2n) is 4.26. The number of aromatic nitrogens is 1. The van der Waals surface area contributed by atoms with Crippen LogP contribution < -0.4 is 5.32 Å². The third kappa shape index (κ3) is 3.37. The first-order chi connectivity index (χ1) is 9.63. The van der Waals surface area contributed by atoms with Gasteiger partial charge in [-0.1, -0.05) is 15.9 Å². The number of nitrogens with one attached hydrogen (secondary N) is 1. The van der Waals surface area contributed by atoms with E-state index in [-0.39, 0.29) is 5.69 Å². The minimum Gasteiger partial charge on any atom is -0.379 e. The number of alkyl halides is 1. The quantitative estimate of drug-likeness (QED) is 0.361. The molecule has 1 N–H and O–H groups in total. The van der Waals surface area contributed by atoms with Crippen LogP contribution >= 0.6 is 27.5 Å². The van der Waals surface area contributed by atoms with E-state index in [1.54, 1.807) is 0 Å². The van der Waals surface area contributed by atoms with Crippen molar-refractivity contribution in [2.45, 2.75) is 12.8 Å². The lowest BCUT2D eigenvalue weighted by molar-refractivity contribution is -0.384. The van der Waals surface area contributed by atoms with Gasteiger partial charge in [-0.3, -0.25) is 10.1 Å². The Bertz CT molecular complexity index is 636. The number of hydrogen-bond acceptors (Lipinski definition) is 4. The molecule has 0 atom stereocenters. The van der Waals surface area contributed by atoms with Crippen LogP contribution in [0.5, 0.6) is 0 Å². The smallest absolute Gasteiger partial charge is 0.311 e. The number of halogens is 2. The van der Waals surface area contributed by atoms with Crippen molar-refractivity contribution >= 4 is 49.8 Å². The maximum absolute atomic E-state index is 11.1. The summed E-state index contributed by atoms with van der Waals surface area (Å²) < 4.78 is 0.888. The molecule has 2 rings (SSSR count). The SMILES string of the molecule is O=[N+]([O-])c1cnc2cc(Br)ccc2c1NCCCCCl. The van der Waals surface area contributed by atoms with Crippen LogP contribution in [-0.4, -0.2) is 22.3 Å². The molecule has 7 heteroatoms. The Morgan fingerprint density at radius 3 is 2.90 bits per heavy atom. The molecule has 1 heterocycles. The minimum atomic E-state index is -0.418. The number of fused-ring (bicyclic) bond motifs is 1. The second kappa shape index (κ2) is 6.85. The summed E-state index contributed by atoms with van der Waals surface area (Å²) in [5.41, 5.74) is 1.22. The highest BCUT2D eigenvalue weighted by Gasteiger charge is 2.17. The summed E-state index contributed by atoms with van der Waals surface area (Å²) in [5, 5.41) is 15.0. The van der Waals surface area contributed by atoms with Gasteiger partial charge >= 0.3 is 5.69 Å². The summed E-state index contributed by atoms with van der Waals surface area (Å²) in [4.78, 5) is 14.8. The third-order valence-corrected chi connectivity index (χ3v) is 3.63. The fourth-order valence-corrected chi connectivity index (χ4v) is 2.45. The highest BCUT2D eigenvalue weighted by molar-refractivity contribution is 9.10. The molecule has 0 aliphatic heterocycles. The summed E-state index contributed by atoms with van der Waals surface area (Å²) >= 11 is 8.99. The monoisotopic (exact) mass is 357 g/mol. The lowest BCUT2D eigenvalue weighted by Crippen LogP contribution is -2.06. The van der Waals surface area contributed by atoms with Crippen molar-refractivity contribution in [1.29, 1.82) is 0 Å². The van der Waals surface area contributed by atoms with Crippen molar-refractivity contribution in [3.63, 3.8) is 0 Å². The Morgan fingerprint density at radius 2 is 2.20 bits per heavy atom. The molecular weight excluding hydrogens is 346 g/mol. The van der Waals surface area contributed by atoms with E-state index in [4.69, 9.17) is 11.6 Å². The number of unbranched alkanes of at least 4 members (excludes halogenated alkanes) is 1. The standard InChI is InChI=1S/C13H13BrClN3O2/c14-9-3-4-10-11(7-9)17-8-12(18(19)20)13(10)16-6-2-1-5-15/h3-4,7-8H,1-2,5-6H2,(H,16,17). The van der Waals surface area contributed by atoms with E-state index in [0.29, 0.717) is 23.6 Å². The zero-order valence-corrected chi connectivity index (χ0v) is 12.9. The number of rotatable bonds is 6. The Hall–Kier alpha value is -1.40. The van der Waals surface area contributed by atoms with E-state index in [1.807, 2.05) is 18.2 Å². The maximum atomic E-state index is 11.1. The molecule has 0 aliphatic rings. The molecule has 0 bridgehead atoms. The molecule has 0 radical (unpaired) electrons. The van der Waals surface area contributed by atoms with Crippen molar-refractivity contribution in [3.8, 4) is 0 Å². The Morgan fingerprint density at radius 1 is 1.40 bits per heavy atom. The van der Waals surface area contributed by atoms with Gasteiger partial charge in [-0.15, -0.1) is 11.6 Å². The summed E-state index contributed by atoms with van der Waals surface area (Å²) in [6, 6.07) is 5.50. The lowest BCUT2D eigenvalue weighted by atomic mass is 10.1. The van der Waals surface area contributed by atoms with E-state index in [0.717, 1.165) is 22.7 Å². The van der Waals surface area contributed by atoms with Gasteiger partial charge in [0.15, 0.2) is 0 Å². The molecule has 5 nitrogen and oxygen atoms in total. The number of anilines is 1. The molecule has 1 aromatic carbocycles. The lowest BCUT2D eigenvalue weighted by Gasteiger charge is -2.10. The van der Waals surface area contributed by atoms with Gasteiger partial charge in [0.25, 0.3) is 0 Å². The third-order valence-electron chi connectivity index (χ3n) is 2.87. The number of nitro groups is 1. The zero-order valence-electron chi connectivity index (χ0n) is 10.6. The normalized spacial score (nSPS) is 10.7. The molecule has 0 amide bonds. The number of hydrogen-bond donors (Lipinski definition) is 1. The highest BCUT2D eigenvalue weighted by Crippen LogP contribution is 2.32. The van der Waals surface area contributed by atoms with Crippen molar-refractivity contribution in [2.24, 2.45) is 0 Å². The number of benzene rings is 1. The fourth-order valence-electron chi connectivity index (χ4n) is 1.91. The van der Waals surface area contributed by atoms with Crippen LogP contribution in [0, 0.1) is 10.1 Å². The molecule has 0 fully saturated rings. The minimum absolute atomic E-state index is 0.00861. The van der Waals surface area contributed by atoms with E-state index < -0.39 is 4.92 Å². The molecule has 2 aromatic rings. The molecule has 1 aromatic heterocycles. The largest absolute Gasteiger partial charge is 0.379 e. The van der Waals surface area contributed by atoms with Crippen LogP contribution in [-0.2, 0) is 0 Å². The predicted octanol–water partition coefficient (Wildman–Crippen LogP) is 4.34. The molecule has 0 aliphatic carbocycles. The molecule has 0 saturated heterocycles.